The van der Waals surface area contributed by atoms with Crippen LogP contribution in [0.1, 0.15) is 35.1 Å². The number of carbonyl (C=O) groups excluding carboxylic acids is 1. The summed E-state index contributed by atoms with van der Waals surface area (Å²) in [4.78, 5) is 23.9. The van der Waals surface area contributed by atoms with E-state index in [-0.39, 0.29) is 6.54 Å². The molecule has 1 aromatic heterocycles. The quantitative estimate of drug-likeness (QED) is 0.860. The second-order valence-corrected chi connectivity index (χ2v) is 6.82. The van der Waals surface area contributed by atoms with Gasteiger partial charge in [-0.1, -0.05) is 6.07 Å². The number of anilines is 1. The number of nitrogens with one attached hydrogen (secondary N) is 1. The SMILES string of the molecule is O=C(Nc1c2c(cc3c1CCC3)CCC2)OC(Cn1cccn1)C(=O)O. The highest BCUT2D eigenvalue weighted by Gasteiger charge is 2.27. The molecule has 1 atom stereocenters. The molecule has 7 nitrogen and oxygen atoms in total. The topological polar surface area (TPSA) is 93.5 Å². The van der Waals surface area contributed by atoms with E-state index in [1.165, 1.54) is 26.9 Å². The Morgan fingerprint density at radius 2 is 1.88 bits per heavy atom. The molecule has 0 spiro atoms. The van der Waals surface area contributed by atoms with Crippen molar-refractivity contribution in [3.63, 3.8) is 0 Å². The van der Waals surface area contributed by atoms with Crippen LogP contribution in [-0.2, 0) is 41.8 Å². The number of carboxylic acid groups (broad SMARTS) is 1. The van der Waals surface area contributed by atoms with Gasteiger partial charge in [0.2, 0.25) is 6.10 Å². The summed E-state index contributed by atoms with van der Waals surface area (Å²) in [5.74, 6) is -1.20. The summed E-state index contributed by atoms with van der Waals surface area (Å²) >= 11 is 0. The number of benzene rings is 1. The van der Waals surface area contributed by atoms with Crippen LogP contribution >= 0.6 is 0 Å². The molecule has 1 unspecified atom stereocenters. The van der Waals surface area contributed by atoms with Crippen LogP contribution in [0.15, 0.2) is 24.5 Å². The van der Waals surface area contributed by atoms with Gasteiger partial charge in [-0.25, -0.2) is 9.59 Å². The van der Waals surface area contributed by atoms with Gasteiger partial charge in [-0.3, -0.25) is 10.00 Å². The van der Waals surface area contributed by atoms with E-state index in [2.05, 4.69) is 16.5 Å². The van der Waals surface area contributed by atoms with Crippen LogP contribution in [0.2, 0.25) is 0 Å². The zero-order valence-corrected chi connectivity index (χ0v) is 14.4. The number of aryl methyl sites for hydroxylation is 2. The van der Waals surface area contributed by atoms with E-state index in [4.69, 9.17) is 4.74 Å². The third-order valence-corrected chi connectivity index (χ3v) is 5.14. The van der Waals surface area contributed by atoms with Gasteiger partial charge in [0.05, 0.1) is 12.2 Å². The lowest BCUT2D eigenvalue weighted by Crippen LogP contribution is -2.33. The molecule has 0 fully saturated rings. The number of hydrogen-bond donors (Lipinski definition) is 2. The fraction of sp³-hybridized carbons (Fsp3) is 0.421. The van der Waals surface area contributed by atoms with Gasteiger partial charge < -0.3 is 9.84 Å². The fourth-order valence-electron chi connectivity index (χ4n) is 3.97. The van der Waals surface area contributed by atoms with Crippen molar-refractivity contribution < 1.29 is 19.4 Å². The van der Waals surface area contributed by atoms with E-state index >= 15 is 0 Å². The van der Waals surface area contributed by atoms with Crippen LogP contribution < -0.4 is 5.32 Å². The maximum absolute atomic E-state index is 12.4. The average molecular weight is 355 g/mol. The molecule has 136 valence electrons. The molecule has 0 bridgehead atoms. The molecule has 4 rings (SSSR count). The Labute approximate surface area is 151 Å². The first-order chi connectivity index (χ1) is 12.6. The standard InChI is InChI=1S/C19H21N3O4/c23-18(24)16(11-22-9-3-8-20-22)26-19(25)21-17-14-6-1-4-12(14)10-13-5-2-7-15(13)17/h3,8-10,16H,1-2,4-7,11H2,(H,21,25)(H,23,24). The lowest BCUT2D eigenvalue weighted by molar-refractivity contribution is -0.147. The largest absolute Gasteiger partial charge is 0.478 e. The smallest absolute Gasteiger partial charge is 0.412 e. The Morgan fingerprint density at radius 1 is 1.19 bits per heavy atom. The van der Waals surface area contributed by atoms with Crippen molar-refractivity contribution in [1.29, 1.82) is 0 Å². The van der Waals surface area contributed by atoms with Crippen LogP contribution in [0.25, 0.3) is 0 Å². The number of aromatic nitrogens is 2. The predicted octanol–water partition coefficient (Wildman–Crippen LogP) is 2.56. The summed E-state index contributed by atoms with van der Waals surface area (Å²) in [5, 5.41) is 16.2. The Kier molecular flexibility index (Phi) is 4.36. The number of rotatable bonds is 5. The van der Waals surface area contributed by atoms with Crippen molar-refractivity contribution in [3.05, 3.63) is 46.8 Å². The molecular weight excluding hydrogens is 334 g/mol. The van der Waals surface area contributed by atoms with Crippen molar-refractivity contribution in [3.8, 4) is 0 Å². The molecule has 0 aliphatic heterocycles. The second-order valence-electron chi connectivity index (χ2n) is 6.82. The van der Waals surface area contributed by atoms with Crippen molar-refractivity contribution in [2.45, 2.75) is 51.2 Å². The molecule has 0 saturated carbocycles. The molecule has 2 aliphatic rings. The van der Waals surface area contributed by atoms with Crippen LogP contribution in [0, 0.1) is 0 Å². The maximum Gasteiger partial charge on any atom is 0.412 e. The van der Waals surface area contributed by atoms with Crippen molar-refractivity contribution in [1.82, 2.24) is 9.78 Å². The first-order valence-corrected chi connectivity index (χ1v) is 8.96. The minimum Gasteiger partial charge on any atom is -0.478 e. The van der Waals surface area contributed by atoms with Crippen LogP contribution in [0.4, 0.5) is 10.5 Å². The van der Waals surface area contributed by atoms with E-state index in [0.29, 0.717) is 0 Å². The molecule has 2 aromatic rings. The fourth-order valence-corrected chi connectivity index (χ4v) is 3.97. The number of carbonyl (C=O) groups is 2. The maximum atomic E-state index is 12.4. The molecule has 1 aromatic carbocycles. The van der Waals surface area contributed by atoms with E-state index in [1.54, 1.807) is 18.5 Å². The Hall–Kier alpha value is -2.83. The Bertz CT molecular complexity index is 813. The molecule has 0 saturated heterocycles. The summed E-state index contributed by atoms with van der Waals surface area (Å²) in [6, 6.07) is 3.97. The highest BCUT2D eigenvalue weighted by molar-refractivity contribution is 5.90. The van der Waals surface area contributed by atoms with E-state index in [0.717, 1.165) is 44.2 Å². The van der Waals surface area contributed by atoms with Gasteiger partial charge in [0.15, 0.2) is 0 Å². The number of carboxylic acids is 1. The van der Waals surface area contributed by atoms with E-state index in [9.17, 15) is 14.7 Å². The summed E-state index contributed by atoms with van der Waals surface area (Å²) in [7, 11) is 0. The van der Waals surface area contributed by atoms with E-state index in [1.807, 2.05) is 0 Å². The van der Waals surface area contributed by atoms with Crippen molar-refractivity contribution >= 4 is 17.7 Å². The number of nitrogens with zero attached hydrogens (tertiary/aromatic N) is 2. The first-order valence-electron chi connectivity index (χ1n) is 8.96. The lowest BCUT2D eigenvalue weighted by atomic mass is 9.99. The molecule has 0 radical (unpaired) electrons. The molecule has 7 heteroatoms. The first kappa shape index (κ1) is 16.6. The highest BCUT2D eigenvalue weighted by atomic mass is 16.6. The van der Waals surface area contributed by atoms with Gasteiger partial charge in [0.1, 0.15) is 0 Å². The molecule has 2 N–H and O–H groups in total. The van der Waals surface area contributed by atoms with Gasteiger partial charge in [-0.15, -0.1) is 0 Å². The summed E-state index contributed by atoms with van der Waals surface area (Å²) < 4.78 is 6.63. The summed E-state index contributed by atoms with van der Waals surface area (Å²) in [5.41, 5.74) is 5.81. The van der Waals surface area contributed by atoms with Gasteiger partial charge in [-0.2, -0.15) is 5.10 Å². The third kappa shape index (κ3) is 3.16. The van der Waals surface area contributed by atoms with Crippen molar-refractivity contribution in [2.24, 2.45) is 0 Å². The molecule has 1 amide bonds. The number of amides is 1. The second kappa shape index (κ2) is 6.82. The number of fused-ring (bicyclic) bond motifs is 2. The highest BCUT2D eigenvalue weighted by Crippen LogP contribution is 2.38. The summed E-state index contributed by atoms with van der Waals surface area (Å²) in [6.07, 6.45) is 7.27. The number of ether oxygens (including phenoxy) is 1. The minimum atomic E-state index is -1.29. The average Bonchev–Trinajstić information content (AvgIpc) is 3.35. The third-order valence-electron chi connectivity index (χ3n) is 5.14. The zero-order valence-electron chi connectivity index (χ0n) is 14.4. The normalized spacial score (nSPS) is 16.0. The predicted molar refractivity (Wildman–Crippen MR) is 94.2 cm³/mol. The summed E-state index contributed by atoms with van der Waals surface area (Å²) in [6.45, 7) is -0.0270. The number of aliphatic carboxylic acids is 1. The van der Waals surface area contributed by atoms with Crippen LogP contribution in [0.5, 0.6) is 0 Å². The molecular formula is C19H21N3O4. The van der Waals surface area contributed by atoms with Gasteiger partial charge in [0, 0.05) is 12.4 Å². The lowest BCUT2D eigenvalue weighted by Gasteiger charge is -2.18. The van der Waals surface area contributed by atoms with Gasteiger partial charge >= 0.3 is 12.1 Å². The monoisotopic (exact) mass is 355 g/mol. The van der Waals surface area contributed by atoms with E-state index < -0.39 is 18.2 Å². The Balaban J connectivity index is 1.52. The molecule has 26 heavy (non-hydrogen) atoms. The zero-order chi connectivity index (χ0) is 18.1. The van der Waals surface area contributed by atoms with Crippen LogP contribution in [-0.4, -0.2) is 33.1 Å². The van der Waals surface area contributed by atoms with Crippen LogP contribution in [0.3, 0.4) is 0 Å². The molecule has 2 aliphatic carbocycles. The number of hydrogen-bond acceptors (Lipinski definition) is 4. The Morgan fingerprint density at radius 3 is 2.46 bits per heavy atom. The molecule has 1 heterocycles. The van der Waals surface area contributed by atoms with Gasteiger partial charge in [0.25, 0.3) is 0 Å². The van der Waals surface area contributed by atoms with Crippen molar-refractivity contribution in [2.75, 3.05) is 5.32 Å². The minimum absolute atomic E-state index is 0.0270. The van der Waals surface area contributed by atoms with Gasteiger partial charge in [-0.05, 0) is 66.8 Å².